The summed E-state index contributed by atoms with van der Waals surface area (Å²) in [6, 6.07) is 12.3. The molecule has 0 bridgehead atoms. The van der Waals surface area contributed by atoms with Gasteiger partial charge in [0.2, 0.25) is 5.91 Å². The van der Waals surface area contributed by atoms with Crippen molar-refractivity contribution in [2.45, 2.75) is 25.8 Å². The number of benzene rings is 1. The number of carbonyl (C=O) groups excluding carboxylic acids is 1. The van der Waals surface area contributed by atoms with E-state index < -0.39 is 0 Å². The Labute approximate surface area is 183 Å². The zero-order valence-corrected chi connectivity index (χ0v) is 18.1. The summed E-state index contributed by atoms with van der Waals surface area (Å²) in [6.45, 7) is 7.12. The molecule has 2 aromatic rings. The Bertz CT molecular complexity index is 829. The van der Waals surface area contributed by atoms with Crippen LogP contribution >= 0.6 is 11.6 Å². The van der Waals surface area contributed by atoms with Crippen LogP contribution in [0.15, 0.2) is 42.6 Å². The van der Waals surface area contributed by atoms with Gasteiger partial charge in [-0.15, -0.1) is 0 Å². The van der Waals surface area contributed by atoms with Gasteiger partial charge in [-0.2, -0.15) is 0 Å². The molecule has 2 aliphatic rings. The Morgan fingerprint density at radius 1 is 1.07 bits per heavy atom. The Hall–Kier alpha value is -2.31. The molecule has 1 aromatic carbocycles. The highest BCUT2D eigenvalue weighted by Crippen LogP contribution is 2.25. The van der Waals surface area contributed by atoms with Gasteiger partial charge in [0, 0.05) is 44.0 Å². The molecule has 6 nitrogen and oxygen atoms in total. The van der Waals surface area contributed by atoms with Crippen molar-refractivity contribution in [1.82, 2.24) is 10.3 Å². The van der Waals surface area contributed by atoms with Crippen LogP contribution in [0, 0.1) is 5.92 Å². The molecule has 1 N–H and O–H groups in total. The average molecular weight is 429 g/mol. The summed E-state index contributed by atoms with van der Waals surface area (Å²) in [5.41, 5.74) is 2.34. The van der Waals surface area contributed by atoms with Crippen LogP contribution < -0.4 is 15.1 Å². The van der Waals surface area contributed by atoms with Crippen LogP contribution in [-0.4, -0.2) is 50.3 Å². The molecule has 1 unspecified atom stereocenters. The van der Waals surface area contributed by atoms with Crippen LogP contribution in [0.2, 0.25) is 5.02 Å². The standard InChI is InChI=1S/C23H29ClN4O2/c1-17(18-2-5-21(6-3-18)27-12-14-30-15-13-27)26-23(29)19-8-10-28(11-9-19)22-7-4-20(24)16-25-22/h2-7,16-17,19H,8-15H2,1H3,(H,26,29). The van der Waals surface area contributed by atoms with Crippen LogP contribution in [0.5, 0.6) is 0 Å². The highest BCUT2D eigenvalue weighted by Gasteiger charge is 2.26. The summed E-state index contributed by atoms with van der Waals surface area (Å²) < 4.78 is 5.42. The number of anilines is 2. The predicted octanol–water partition coefficient (Wildman–Crippen LogP) is 3.67. The largest absolute Gasteiger partial charge is 0.378 e. The topological polar surface area (TPSA) is 57.7 Å². The van der Waals surface area contributed by atoms with Gasteiger partial charge in [0.1, 0.15) is 5.82 Å². The number of rotatable bonds is 5. The number of ether oxygens (including phenoxy) is 1. The molecule has 30 heavy (non-hydrogen) atoms. The maximum absolute atomic E-state index is 12.8. The van der Waals surface area contributed by atoms with E-state index in [0.29, 0.717) is 5.02 Å². The third-order valence-corrected chi connectivity index (χ3v) is 6.25. The summed E-state index contributed by atoms with van der Waals surface area (Å²) in [5, 5.41) is 3.84. The number of nitrogens with zero attached hydrogens (tertiary/aromatic N) is 3. The second kappa shape index (κ2) is 9.67. The van der Waals surface area contributed by atoms with Gasteiger partial charge >= 0.3 is 0 Å². The number of halogens is 1. The Balaban J connectivity index is 1.28. The smallest absolute Gasteiger partial charge is 0.223 e. The highest BCUT2D eigenvalue weighted by molar-refractivity contribution is 6.30. The van der Waals surface area contributed by atoms with Gasteiger partial charge in [-0.25, -0.2) is 4.98 Å². The molecule has 2 saturated heterocycles. The number of aromatic nitrogens is 1. The van der Waals surface area contributed by atoms with E-state index in [-0.39, 0.29) is 17.9 Å². The lowest BCUT2D eigenvalue weighted by molar-refractivity contribution is -0.126. The lowest BCUT2D eigenvalue weighted by atomic mass is 9.95. The SMILES string of the molecule is CC(NC(=O)C1CCN(c2ccc(Cl)cn2)CC1)c1ccc(N2CCOCC2)cc1. The summed E-state index contributed by atoms with van der Waals surface area (Å²) in [6.07, 6.45) is 3.33. The van der Waals surface area contributed by atoms with Crippen molar-refractivity contribution in [3.8, 4) is 0 Å². The second-order valence-corrected chi connectivity index (χ2v) is 8.45. The molecule has 1 amide bonds. The first-order chi connectivity index (χ1) is 14.6. The second-order valence-electron chi connectivity index (χ2n) is 8.02. The minimum absolute atomic E-state index is 0.00722. The molecule has 1 aromatic heterocycles. The van der Waals surface area contributed by atoms with Gasteiger partial charge in [-0.3, -0.25) is 4.79 Å². The first kappa shape index (κ1) is 20.9. The van der Waals surface area contributed by atoms with E-state index in [2.05, 4.69) is 51.3 Å². The molecule has 160 valence electrons. The lowest BCUT2D eigenvalue weighted by Gasteiger charge is -2.32. The molecular weight excluding hydrogens is 400 g/mol. The molecule has 2 fully saturated rings. The van der Waals surface area contributed by atoms with Crippen LogP contribution in [0.25, 0.3) is 0 Å². The Morgan fingerprint density at radius 2 is 1.77 bits per heavy atom. The lowest BCUT2D eigenvalue weighted by Crippen LogP contribution is -2.41. The Kier molecular flexibility index (Phi) is 6.75. The van der Waals surface area contributed by atoms with Crippen molar-refractivity contribution in [2.24, 2.45) is 5.92 Å². The molecule has 0 radical (unpaired) electrons. The third-order valence-electron chi connectivity index (χ3n) is 6.03. The molecule has 0 aliphatic carbocycles. The van der Waals surface area contributed by atoms with Crippen LogP contribution in [0.3, 0.4) is 0 Å². The van der Waals surface area contributed by atoms with Gasteiger partial charge in [-0.05, 0) is 49.6 Å². The fourth-order valence-corrected chi connectivity index (χ4v) is 4.25. The number of hydrogen-bond donors (Lipinski definition) is 1. The molecule has 3 heterocycles. The number of morpholine rings is 1. The summed E-state index contributed by atoms with van der Waals surface area (Å²) in [5.74, 6) is 1.11. The molecule has 2 aliphatic heterocycles. The number of piperidine rings is 1. The molecule has 0 saturated carbocycles. The number of amides is 1. The maximum Gasteiger partial charge on any atom is 0.223 e. The van der Waals surface area contributed by atoms with Crippen molar-refractivity contribution >= 4 is 29.0 Å². The third kappa shape index (κ3) is 5.05. The Morgan fingerprint density at radius 3 is 2.40 bits per heavy atom. The summed E-state index contributed by atoms with van der Waals surface area (Å²) in [7, 11) is 0. The molecule has 4 rings (SSSR count). The van der Waals surface area contributed by atoms with E-state index in [4.69, 9.17) is 16.3 Å². The van der Waals surface area contributed by atoms with E-state index in [9.17, 15) is 4.79 Å². The number of pyridine rings is 1. The van der Waals surface area contributed by atoms with Crippen LogP contribution in [-0.2, 0) is 9.53 Å². The number of nitrogens with one attached hydrogen (secondary N) is 1. The van der Waals surface area contributed by atoms with Crippen molar-refractivity contribution in [2.75, 3.05) is 49.2 Å². The van der Waals surface area contributed by atoms with Gasteiger partial charge in [0.15, 0.2) is 0 Å². The van der Waals surface area contributed by atoms with Gasteiger partial charge in [0.25, 0.3) is 0 Å². The molecule has 1 atom stereocenters. The quantitative estimate of drug-likeness (QED) is 0.787. The molecular formula is C23H29ClN4O2. The van der Waals surface area contributed by atoms with E-state index in [1.165, 1.54) is 5.69 Å². The minimum Gasteiger partial charge on any atom is -0.378 e. The van der Waals surface area contributed by atoms with Crippen LogP contribution in [0.1, 0.15) is 31.4 Å². The first-order valence-electron chi connectivity index (χ1n) is 10.7. The fourth-order valence-electron chi connectivity index (χ4n) is 4.14. The van der Waals surface area contributed by atoms with Crippen LogP contribution in [0.4, 0.5) is 11.5 Å². The number of hydrogen-bond acceptors (Lipinski definition) is 5. The monoisotopic (exact) mass is 428 g/mol. The predicted molar refractivity (Wildman–Crippen MR) is 120 cm³/mol. The molecule has 0 spiro atoms. The minimum atomic E-state index is -0.00722. The average Bonchev–Trinajstić information content (AvgIpc) is 2.80. The normalized spacial score (nSPS) is 18.9. The first-order valence-corrected chi connectivity index (χ1v) is 11.1. The summed E-state index contributed by atoms with van der Waals surface area (Å²) in [4.78, 5) is 21.7. The summed E-state index contributed by atoms with van der Waals surface area (Å²) >= 11 is 5.92. The van der Waals surface area contributed by atoms with Gasteiger partial charge < -0.3 is 19.9 Å². The van der Waals surface area contributed by atoms with E-state index in [0.717, 1.165) is 63.6 Å². The highest BCUT2D eigenvalue weighted by atomic mass is 35.5. The van der Waals surface area contributed by atoms with Crippen molar-refractivity contribution in [1.29, 1.82) is 0 Å². The fraction of sp³-hybridized carbons (Fsp3) is 0.478. The van der Waals surface area contributed by atoms with Crippen molar-refractivity contribution < 1.29 is 9.53 Å². The van der Waals surface area contributed by atoms with Crippen molar-refractivity contribution in [3.63, 3.8) is 0 Å². The maximum atomic E-state index is 12.8. The van der Waals surface area contributed by atoms with E-state index >= 15 is 0 Å². The molecule has 7 heteroatoms. The zero-order chi connectivity index (χ0) is 20.9. The van der Waals surface area contributed by atoms with Gasteiger partial charge in [0.05, 0.1) is 24.3 Å². The van der Waals surface area contributed by atoms with E-state index in [1.54, 1.807) is 6.20 Å². The zero-order valence-electron chi connectivity index (χ0n) is 17.4. The van der Waals surface area contributed by atoms with E-state index in [1.807, 2.05) is 12.1 Å². The van der Waals surface area contributed by atoms with Gasteiger partial charge in [-0.1, -0.05) is 23.7 Å². The number of carbonyl (C=O) groups is 1. The van der Waals surface area contributed by atoms with Crippen molar-refractivity contribution in [3.05, 3.63) is 53.2 Å².